The van der Waals surface area contributed by atoms with E-state index in [2.05, 4.69) is 5.32 Å². The Morgan fingerprint density at radius 3 is 2.34 bits per heavy atom. The van der Waals surface area contributed by atoms with Crippen LogP contribution < -0.4 is 5.32 Å². The standard InChI is InChI=1S/C24H25F4NO2S/c1-4-17-11-16(5-7-20(17)23(30)29-19-12-32(31)13-19)6-8-21(24(26,27)28)18-9-14(2)22(25)15(3)10-18/h5-11,19,21H,4,12-13H2,1-3H3,(H,29,30)/b8-6+. The quantitative estimate of drug-likeness (QED) is 0.592. The molecular formula is C24H25F4NO2S. The molecule has 1 aliphatic rings. The van der Waals surface area contributed by atoms with Gasteiger partial charge in [0.25, 0.3) is 5.91 Å². The molecule has 3 nitrogen and oxygen atoms in total. The van der Waals surface area contributed by atoms with Crippen LogP contribution in [0.3, 0.4) is 0 Å². The second kappa shape index (κ2) is 9.57. The fourth-order valence-electron chi connectivity index (χ4n) is 3.75. The van der Waals surface area contributed by atoms with Crippen molar-refractivity contribution in [2.75, 3.05) is 11.5 Å². The van der Waals surface area contributed by atoms with Gasteiger partial charge < -0.3 is 5.32 Å². The van der Waals surface area contributed by atoms with Crippen molar-refractivity contribution in [2.24, 2.45) is 0 Å². The molecule has 1 heterocycles. The molecule has 0 aliphatic carbocycles. The van der Waals surface area contributed by atoms with Crippen LogP contribution in [0.15, 0.2) is 36.4 Å². The van der Waals surface area contributed by atoms with E-state index in [0.29, 0.717) is 34.6 Å². The molecule has 1 unspecified atom stereocenters. The summed E-state index contributed by atoms with van der Waals surface area (Å²) in [5.41, 5.74) is 2.02. The zero-order valence-electron chi connectivity index (χ0n) is 18.1. The zero-order chi connectivity index (χ0) is 23.6. The van der Waals surface area contributed by atoms with E-state index in [-0.39, 0.29) is 28.6 Å². The van der Waals surface area contributed by atoms with E-state index in [0.717, 1.165) is 6.08 Å². The van der Waals surface area contributed by atoms with Gasteiger partial charge in [0, 0.05) is 27.9 Å². The summed E-state index contributed by atoms with van der Waals surface area (Å²) in [6.45, 7) is 4.75. The third-order valence-electron chi connectivity index (χ3n) is 5.52. The van der Waals surface area contributed by atoms with E-state index in [9.17, 15) is 26.6 Å². The molecule has 0 spiro atoms. The van der Waals surface area contributed by atoms with E-state index >= 15 is 0 Å². The average molecular weight is 468 g/mol. The highest BCUT2D eigenvalue weighted by atomic mass is 32.2. The Kier molecular flexibility index (Phi) is 7.22. The lowest BCUT2D eigenvalue weighted by atomic mass is 9.93. The maximum Gasteiger partial charge on any atom is 0.399 e. The van der Waals surface area contributed by atoms with Gasteiger partial charge in [-0.2, -0.15) is 13.2 Å². The van der Waals surface area contributed by atoms with Gasteiger partial charge in [-0.05, 0) is 54.2 Å². The van der Waals surface area contributed by atoms with Crippen LogP contribution >= 0.6 is 0 Å². The van der Waals surface area contributed by atoms with Crippen LogP contribution in [-0.4, -0.2) is 33.8 Å². The number of amides is 1. The third kappa shape index (κ3) is 5.46. The van der Waals surface area contributed by atoms with Crippen LogP contribution in [-0.2, 0) is 17.2 Å². The molecule has 32 heavy (non-hydrogen) atoms. The number of aryl methyl sites for hydroxylation is 3. The summed E-state index contributed by atoms with van der Waals surface area (Å²) in [6.07, 6.45) is -1.57. The van der Waals surface area contributed by atoms with Crippen molar-refractivity contribution in [3.8, 4) is 0 Å². The number of nitrogens with one attached hydrogen (secondary N) is 1. The van der Waals surface area contributed by atoms with Gasteiger partial charge in [-0.15, -0.1) is 0 Å². The lowest BCUT2D eigenvalue weighted by molar-refractivity contribution is -0.139. The number of allylic oxidation sites excluding steroid dienone is 1. The third-order valence-corrected chi connectivity index (χ3v) is 7.06. The first-order valence-electron chi connectivity index (χ1n) is 10.3. The maximum absolute atomic E-state index is 13.9. The summed E-state index contributed by atoms with van der Waals surface area (Å²) >= 11 is 0. The number of carbonyl (C=O) groups excluding carboxylic acids is 1. The van der Waals surface area contributed by atoms with E-state index in [1.54, 1.807) is 18.2 Å². The molecule has 0 bridgehead atoms. The van der Waals surface area contributed by atoms with Crippen LogP contribution in [0.4, 0.5) is 17.6 Å². The summed E-state index contributed by atoms with van der Waals surface area (Å²) in [5, 5.41) is 2.83. The first-order chi connectivity index (χ1) is 15.0. The Morgan fingerprint density at radius 1 is 1.19 bits per heavy atom. The van der Waals surface area contributed by atoms with Crippen LogP contribution in [0.2, 0.25) is 0 Å². The monoisotopic (exact) mass is 467 g/mol. The van der Waals surface area contributed by atoms with Gasteiger partial charge in [-0.3, -0.25) is 9.00 Å². The smallest absolute Gasteiger partial charge is 0.347 e. The molecule has 2 aromatic rings. The zero-order valence-corrected chi connectivity index (χ0v) is 18.9. The summed E-state index contributed by atoms with van der Waals surface area (Å²) < 4.78 is 66.4. The molecule has 1 amide bonds. The number of rotatable bonds is 6. The molecule has 0 aromatic heterocycles. The molecule has 1 saturated heterocycles. The molecule has 1 fully saturated rings. The molecule has 1 N–H and O–H groups in total. The fraction of sp³-hybridized carbons (Fsp3) is 0.375. The summed E-state index contributed by atoms with van der Waals surface area (Å²) in [7, 11) is -0.877. The largest absolute Gasteiger partial charge is 0.399 e. The van der Waals surface area contributed by atoms with E-state index in [4.69, 9.17) is 0 Å². The first-order valence-corrected chi connectivity index (χ1v) is 11.8. The number of benzene rings is 2. The Morgan fingerprint density at radius 2 is 1.81 bits per heavy atom. The van der Waals surface area contributed by atoms with Gasteiger partial charge in [-0.25, -0.2) is 4.39 Å². The highest BCUT2D eigenvalue weighted by molar-refractivity contribution is 7.86. The molecule has 1 aliphatic heterocycles. The van der Waals surface area contributed by atoms with Gasteiger partial charge in [0.15, 0.2) is 0 Å². The van der Waals surface area contributed by atoms with Crippen molar-refractivity contribution in [1.82, 2.24) is 5.32 Å². The van der Waals surface area contributed by atoms with Crippen molar-refractivity contribution < 1.29 is 26.6 Å². The predicted molar refractivity (Wildman–Crippen MR) is 119 cm³/mol. The lowest BCUT2D eigenvalue weighted by Crippen LogP contribution is -2.50. The molecule has 3 rings (SSSR count). The number of carbonyl (C=O) groups is 1. The number of halogens is 4. The summed E-state index contributed by atoms with van der Waals surface area (Å²) in [6, 6.07) is 7.23. The summed E-state index contributed by atoms with van der Waals surface area (Å²) in [4.78, 5) is 12.5. The highest BCUT2D eigenvalue weighted by Crippen LogP contribution is 2.37. The van der Waals surface area contributed by atoms with Gasteiger partial charge in [0.2, 0.25) is 0 Å². The molecule has 172 valence electrons. The molecule has 8 heteroatoms. The predicted octanol–water partition coefficient (Wildman–Crippen LogP) is 5.22. The summed E-state index contributed by atoms with van der Waals surface area (Å²) in [5.74, 6) is -1.78. The Labute approximate surface area is 187 Å². The van der Waals surface area contributed by atoms with Crippen LogP contribution in [0, 0.1) is 19.7 Å². The Balaban J connectivity index is 1.85. The second-order valence-corrected chi connectivity index (χ2v) is 9.61. The normalized spacial score (nSPS) is 19.6. The van der Waals surface area contributed by atoms with Crippen LogP contribution in [0.5, 0.6) is 0 Å². The molecule has 0 saturated carbocycles. The molecular weight excluding hydrogens is 442 g/mol. The highest BCUT2D eigenvalue weighted by Gasteiger charge is 2.39. The minimum Gasteiger partial charge on any atom is -0.347 e. The number of alkyl halides is 3. The van der Waals surface area contributed by atoms with Crippen LogP contribution in [0.1, 0.15) is 51.0 Å². The first kappa shape index (κ1) is 24.2. The van der Waals surface area contributed by atoms with E-state index in [1.165, 1.54) is 32.1 Å². The maximum atomic E-state index is 13.9. The molecule has 0 radical (unpaired) electrons. The minimum atomic E-state index is -4.54. The topological polar surface area (TPSA) is 46.2 Å². The van der Waals surface area contributed by atoms with Crippen molar-refractivity contribution in [3.63, 3.8) is 0 Å². The number of hydrogen-bond donors (Lipinski definition) is 1. The SMILES string of the molecule is CCc1cc(/C=C/C(c2cc(C)c(F)c(C)c2)C(F)(F)F)ccc1C(=O)NC1CS(=O)C1. The van der Waals surface area contributed by atoms with Crippen molar-refractivity contribution in [2.45, 2.75) is 45.3 Å². The van der Waals surface area contributed by atoms with Gasteiger partial charge in [-0.1, -0.05) is 43.3 Å². The molecule has 1 atom stereocenters. The fourth-order valence-corrected chi connectivity index (χ4v) is 4.72. The molecule has 2 aromatic carbocycles. The van der Waals surface area contributed by atoms with Crippen molar-refractivity contribution in [3.05, 3.63) is 75.6 Å². The van der Waals surface area contributed by atoms with Crippen molar-refractivity contribution in [1.29, 1.82) is 0 Å². The second-order valence-electron chi connectivity index (χ2n) is 8.06. The van der Waals surface area contributed by atoms with Gasteiger partial charge in [0.1, 0.15) is 5.82 Å². The van der Waals surface area contributed by atoms with Crippen LogP contribution in [0.25, 0.3) is 6.08 Å². The average Bonchev–Trinajstić information content (AvgIpc) is 2.69. The van der Waals surface area contributed by atoms with E-state index in [1.807, 2.05) is 6.92 Å². The lowest BCUT2D eigenvalue weighted by Gasteiger charge is -2.26. The minimum absolute atomic E-state index is 0.0188. The van der Waals surface area contributed by atoms with Gasteiger partial charge in [0.05, 0.1) is 12.0 Å². The Bertz CT molecular complexity index is 1050. The van der Waals surface area contributed by atoms with Gasteiger partial charge >= 0.3 is 6.18 Å². The number of hydrogen-bond acceptors (Lipinski definition) is 2. The Hall–Kier alpha value is -2.48. The van der Waals surface area contributed by atoms with Crippen molar-refractivity contribution >= 4 is 22.8 Å². The van der Waals surface area contributed by atoms with E-state index < -0.39 is 28.7 Å².